The van der Waals surface area contributed by atoms with Crippen LogP contribution in [-0.4, -0.2) is 101 Å². The van der Waals surface area contributed by atoms with Crippen molar-refractivity contribution >= 4 is 160 Å². The summed E-state index contributed by atoms with van der Waals surface area (Å²) >= 11 is 25.0. The highest BCUT2D eigenvalue weighted by Gasteiger charge is 2.33. The van der Waals surface area contributed by atoms with Crippen LogP contribution < -0.4 is 26.6 Å². The van der Waals surface area contributed by atoms with Gasteiger partial charge in [0.15, 0.2) is 28.2 Å². The molecule has 20 aromatic rings. The Morgan fingerprint density at radius 2 is 0.608 bits per heavy atom. The Morgan fingerprint density at radius 1 is 0.300 bits per heavy atom. The second-order valence-corrected chi connectivity index (χ2v) is 31.1. The first kappa shape index (κ1) is 88.0. The van der Waals surface area contributed by atoms with Crippen LogP contribution in [0.2, 0.25) is 20.1 Å². The fourth-order valence-corrected chi connectivity index (χ4v) is 14.6. The van der Waals surface area contributed by atoms with Gasteiger partial charge >= 0.3 is 6.18 Å². The van der Waals surface area contributed by atoms with Crippen LogP contribution in [0.1, 0.15) is 50.2 Å². The number of nitrogens with one attached hydrogen (secondary N) is 10. The molecule has 0 fully saturated rings. The van der Waals surface area contributed by atoms with E-state index >= 15 is 0 Å². The number of H-pyrrole nitrogens is 5. The molecule has 0 aliphatic heterocycles. The third kappa shape index (κ3) is 20.0. The molecule has 0 radical (unpaired) electrons. The molecule has 25 nitrogen and oxygen atoms in total. The summed E-state index contributed by atoms with van der Waals surface area (Å²) in [5, 5.41) is 54.3. The highest BCUT2D eigenvalue weighted by molar-refractivity contribution is 6.34. The van der Waals surface area contributed by atoms with E-state index in [1.165, 1.54) is 24.3 Å². The summed E-state index contributed by atoms with van der Waals surface area (Å²) in [6, 6.07) is 57.3. The van der Waals surface area contributed by atoms with Crippen LogP contribution in [0.5, 0.6) is 0 Å². The lowest BCUT2D eigenvalue weighted by Gasteiger charge is -2.13. The largest absolute Gasteiger partial charge is 0.416 e. The molecule has 0 aliphatic rings. The van der Waals surface area contributed by atoms with Crippen LogP contribution >= 0.6 is 46.4 Å². The van der Waals surface area contributed by atoms with Gasteiger partial charge in [-0.3, -0.25) is 25.5 Å². The van der Waals surface area contributed by atoms with E-state index in [0.29, 0.717) is 111 Å². The van der Waals surface area contributed by atoms with E-state index in [1.807, 2.05) is 175 Å². The number of rotatable bonds is 15. The Hall–Kier alpha value is -15.5. The number of pyridine rings is 10. The molecule has 20 rings (SSSR count). The van der Waals surface area contributed by atoms with Gasteiger partial charge in [-0.15, -0.1) is 0 Å². The first-order valence-electron chi connectivity index (χ1n) is 39.5. The number of fused-ring (bicyclic) bond motifs is 5. The molecule has 15 heterocycles. The Kier molecular flexibility index (Phi) is 25.7. The van der Waals surface area contributed by atoms with Crippen molar-refractivity contribution in [2.45, 2.75) is 54.6 Å². The normalized spacial score (nSPS) is 11.2. The summed E-state index contributed by atoms with van der Waals surface area (Å²) in [4.78, 5) is 42.6. The van der Waals surface area contributed by atoms with E-state index in [4.69, 9.17) is 61.4 Å². The van der Waals surface area contributed by atoms with Crippen LogP contribution in [0.15, 0.2) is 231 Å². The molecule has 658 valence electrons. The SMILES string of the molecule is Cc1cc(-c2ccccc2Cl)nc(Nc2[nH]nc3ncc(F)cc23)c1C.Cc1cc(Nc2[nH]nc3ncc(F)cc23)nc(-c2ccccc2)c1C.Cc1cc(Nc2[nH]nc3ncc(F)cc23)nc(-c2ccccc2Cl)c1.Cc1cc(Nc2[nH]nc3ncc(F)cc23)nc(-c2ccccc2Cl)c1C.Fc1cnc2n[nH]c(Nc3cc(C(F)(F)F)cc(-c4ccccc4Cl)n3)c2c1.[HH].[HH].[HH].[HH]. The van der Waals surface area contributed by atoms with Crippen molar-refractivity contribution in [2.75, 3.05) is 26.6 Å². The monoisotopic (exact) mass is 1840 g/mol. The van der Waals surface area contributed by atoms with Crippen molar-refractivity contribution in [3.05, 3.63) is 325 Å². The minimum atomic E-state index is -4.60. The van der Waals surface area contributed by atoms with Crippen molar-refractivity contribution in [1.82, 2.24) is 101 Å². The Labute approximate surface area is 759 Å². The van der Waals surface area contributed by atoms with Crippen molar-refractivity contribution in [3.8, 4) is 56.3 Å². The topological polar surface area (TPSA) is 332 Å². The zero-order valence-electron chi connectivity index (χ0n) is 69.2. The van der Waals surface area contributed by atoms with Gasteiger partial charge in [0.05, 0.1) is 91.9 Å². The lowest BCUT2D eigenvalue weighted by atomic mass is 10.0. The molecular weight excluding hydrogens is 1760 g/mol. The van der Waals surface area contributed by atoms with Gasteiger partial charge in [0.1, 0.15) is 87.3 Å². The summed E-state index contributed by atoms with van der Waals surface area (Å²) in [6.45, 7) is 14.1. The van der Waals surface area contributed by atoms with E-state index in [2.05, 4.69) is 119 Å². The fraction of sp³-hybridized carbons (Fsp3) is 0.0860. The quantitative estimate of drug-likeness (QED) is 0.0426. The zero-order valence-corrected chi connectivity index (χ0v) is 72.2. The molecule has 0 spiro atoms. The average molecular weight is 1840 g/mol. The smallest absolute Gasteiger partial charge is 0.325 e. The van der Waals surface area contributed by atoms with Crippen LogP contribution in [0.4, 0.5) is 93.3 Å². The fourth-order valence-electron chi connectivity index (χ4n) is 13.6. The highest BCUT2D eigenvalue weighted by Crippen LogP contribution is 2.40. The van der Waals surface area contributed by atoms with Crippen LogP contribution in [-0.2, 0) is 6.18 Å². The van der Waals surface area contributed by atoms with Crippen LogP contribution in [0.25, 0.3) is 111 Å². The Morgan fingerprint density at radius 3 is 0.985 bits per heavy atom. The van der Waals surface area contributed by atoms with Crippen molar-refractivity contribution in [2.24, 2.45) is 0 Å². The van der Waals surface area contributed by atoms with Crippen molar-refractivity contribution in [1.29, 1.82) is 0 Å². The van der Waals surface area contributed by atoms with Gasteiger partial charge in [-0.2, -0.15) is 38.7 Å². The average Bonchev–Trinajstić information content (AvgIpc) is 1.38. The van der Waals surface area contributed by atoms with Gasteiger partial charge in [-0.25, -0.2) is 71.8 Å². The number of alkyl halides is 3. The number of halogens is 12. The molecule has 5 aromatic carbocycles. The molecule has 0 bridgehead atoms. The summed E-state index contributed by atoms with van der Waals surface area (Å²) in [5.41, 5.74) is 15.7. The van der Waals surface area contributed by atoms with Gasteiger partial charge in [-0.05, 0) is 184 Å². The number of aryl methyl sites for hydroxylation is 4. The summed E-state index contributed by atoms with van der Waals surface area (Å²) in [6.07, 6.45) is 0.946. The summed E-state index contributed by atoms with van der Waals surface area (Å²) in [5.74, 6) is 2.46. The third-order valence-corrected chi connectivity index (χ3v) is 21.8. The molecular formula is C93H77Cl4F8N25. The van der Waals surface area contributed by atoms with E-state index < -0.39 is 40.8 Å². The second-order valence-electron chi connectivity index (χ2n) is 29.5. The molecule has 0 unspecified atom stereocenters. The first-order valence-corrected chi connectivity index (χ1v) is 41.0. The Bertz CT molecular complexity index is 7640. The number of hydrogen-bond acceptors (Lipinski definition) is 20. The number of aromatic nitrogens is 20. The number of nitrogens with zero attached hydrogens (tertiary/aromatic N) is 15. The summed E-state index contributed by atoms with van der Waals surface area (Å²) < 4.78 is 108. The van der Waals surface area contributed by atoms with Crippen LogP contribution in [0.3, 0.4) is 0 Å². The first-order chi connectivity index (χ1) is 62.6. The van der Waals surface area contributed by atoms with E-state index in [-0.39, 0.29) is 39.1 Å². The van der Waals surface area contributed by atoms with Crippen molar-refractivity contribution < 1.29 is 40.8 Å². The maximum absolute atomic E-state index is 13.5. The number of aromatic amines is 5. The molecule has 0 saturated heterocycles. The number of hydrogen-bond donors (Lipinski definition) is 10. The molecule has 130 heavy (non-hydrogen) atoms. The van der Waals surface area contributed by atoms with E-state index in [1.54, 1.807) is 24.3 Å². The molecule has 0 amide bonds. The van der Waals surface area contributed by atoms with Crippen molar-refractivity contribution in [3.63, 3.8) is 0 Å². The van der Waals surface area contributed by atoms with Gasteiger partial charge in [0.25, 0.3) is 0 Å². The molecule has 0 atom stereocenters. The minimum Gasteiger partial charge on any atom is -0.325 e. The zero-order chi connectivity index (χ0) is 91.2. The molecule has 0 aliphatic carbocycles. The van der Waals surface area contributed by atoms with Gasteiger partial charge in [0.2, 0.25) is 0 Å². The highest BCUT2D eigenvalue weighted by atomic mass is 35.5. The Balaban J connectivity index is 0.000000150. The minimum absolute atomic E-state index is 0. The third-order valence-electron chi connectivity index (χ3n) is 20.5. The lowest BCUT2D eigenvalue weighted by Crippen LogP contribution is -2.08. The summed E-state index contributed by atoms with van der Waals surface area (Å²) in [7, 11) is 0. The van der Waals surface area contributed by atoms with E-state index in [9.17, 15) is 35.1 Å². The van der Waals surface area contributed by atoms with Gasteiger partial charge in [-0.1, -0.05) is 150 Å². The molecule has 10 N–H and O–H groups in total. The number of anilines is 10. The molecule has 0 saturated carbocycles. The van der Waals surface area contributed by atoms with Gasteiger partial charge in [0, 0.05) is 53.6 Å². The van der Waals surface area contributed by atoms with Gasteiger partial charge < -0.3 is 26.6 Å². The van der Waals surface area contributed by atoms with Crippen LogP contribution in [0, 0.1) is 77.6 Å². The predicted octanol–water partition coefficient (Wildman–Crippen LogP) is 26.3. The molecule has 15 aromatic heterocycles. The van der Waals surface area contributed by atoms with E-state index in [0.717, 1.165) is 133 Å². The number of benzene rings is 5. The lowest BCUT2D eigenvalue weighted by molar-refractivity contribution is -0.137. The maximum Gasteiger partial charge on any atom is 0.416 e. The standard InChI is InChI=1S/2C19H15ClFN5.C19H16FN5.C18H10ClF4N5.C18H13ClFN5.4H2/c1-10-7-16(23-17(11(10)2)13-5-3-4-6-15(13)20)24-19-14-8-12(21)9-22-18(14)25-26-19;1-10-7-16(13-5-3-4-6-15(13)20)23-17(11(10)2)24-19-14-8-12(21)9-22-18(14)25-26-19;1-11-8-16(22-17(12(11)2)13-6-4-3-5-7-13)23-19-15-9-14(20)10-21-18(15)24-25-19;19-13-4-2-1-3-11(13)14-5-9(18(21,22)23)6-15(25-14)26-17-12-7-10(20)8-24-16(12)27-28-17;1-10-6-15(12-4-2-3-5-14(12)19)22-16(7-10)23-18-13-8-11(20)9-21-17(13)24-25-18;;;;/h2*3-9H,1-2H3,(H2,22,23,24,25,26);3-10H,1-2H3,(H2,21,22,23,24,25);1-8H,(H2,24,25,26,27,28);2-9H,1H3,(H2,21,22,23,24,25);4*1H. The molecule has 37 heteroatoms. The second kappa shape index (κ2) is 38.0. The maximum atomic E-state index is 13.5. The predicted molar refractivity (Wildman–Crippen MR) is 501 cm³/mol.